The van der Waals surface area contributed by atoms with Gasteiger partial charge in [-0.05, 0) is 41.5 Å². The van der Waals surface area contributed by atoms with E-state index in [1.165, 1.54) is 11.3 Å². The van der Waals surface area contributed by atoms with E-state index < -0.39 is 5.91 Å². The average molecular weight is 443 g/mol. The third kappa shape index (κ3) is 4.38. The van der Waals surface area contributed by atoms with E-state index in [1.54, 1.807) is 24.4 Å². The lowest BCUT2D eigenvalue weighted by molar-refractivity contribution is 0.0997. The molecule has 8 heteroatoms. The molecule has 3 N–H and O–H groups in total. The summed E-state index contributed by atoms with van der Waals surface area (Å²) in [4.78, 5) is 25.1. The van der Waals surface area contributed by atoms with Gasteiger partial charge in [0.1, 0.15) is 11.4 Å². The van der Waals surface area contributed by atoms with E-state index in [1.807, 2.05) is 24.7 Å². The smallest absolute Gasteiger partial charge is 0.252 e. The average Bonchev–Trinajstić information content (AvgIpc) is 3.23. The van der Waals surface area contributed by atoms with E-state index in [4.69, 9.17) is 5.73 Å². The molecule has 0 aliphatic carbocycles. The Morgan fingerprint density at radius 2 is 1.85 bits per heavy atom. The minimum atomic E-state index is -0.641. The number of fused-ring (bicyclic) bond motifs is 1. The van der Waals surface area contributed by atoms with E-state index in [0.717, 1.165) is 49.3 Å². The van der Waals surface area contributed by atoms with Crippen LogP contribution in [0.1, 0.15) is 21.5 Å². The first-order valence-electron chi connectivity index (χ1n) is 11.0. The van der Waals surface area contributed by atoms with Gasteiger partial charge < -0.3 is 20.3 Å². The number of piperazine rings is 1. The molecule has 1 aliphatic rings. The second-order valence-electron chi connectivity index (χ2n) is 8.35. The van der Waals surface area contributed by atoms with Gasteiger partial charge in [-0.15, -0.1) is 0 Å². The van der Waals surface area contributed by atoms with Gasteiger partial charge in [0.05, 0.1) is 5.56 Å². The molecule has 8 nitrogen and oxygen atoms in total. The van der Waals surface area contributed by atoms with Gasteiger partial charge in [-0.2, -0.15) is 0 Å². The Morgan fingerprint density at radius 1 is 1.00 bits per heavy atom. The maximum atomic E-state index is 11.4. The molecule has 1 saturated heterocycles. The summed E-state index contributed by atoms with van der Waals surface area (Å²) >= 11 is 0. The van der Waals surface area contributed by atoms with Crippen molar-refractivity contribution >= 4 is 22.6 Å². The highest BCUT2D eigenvalue weighted by atomic mass is 16.3. The van der Waals surface area contributed by atoms with Crippen LogP contribution in [0.25, 0.3) is 11.0 Å². The van der Waals surface area contributed by atoms with Crippen LogP contribution in [0.5, 0.6) is 5.75 Å². The SMILES string of the molecule is NC(=O)c1ccc(Cn2ccc3c(N4CCN(Cc5cccnc5)CC4)ccnc32)cc1O. The van der Waals surface area contributed by atoms with Crippen molar-refractivity contribution in [3.8, 4) is 5.75 Å². The summed E-state index contributed by atoms with van der Waals surface area (Å²) in [7, 11) is 0. The number of hydrogen-bond acceptors (Lipinski definition) is 6. The van der Waals surface area contributed by atoms with Crippen molar-refractivity contribution in [1.29, 1.82) is 0 Å². The molecule has 0 spiro atoms. The number of benzene rings is 1. The van der Waals surface area contributed by atoms with E-state index in [2.05, 4.69) is 42.5 Å². The van der Waals surface area contributed by atoms with Crippen LogP contribution in [0, 0.1) is 0 Å². The third-order valence-electron chi connectivity index (χ3n) is 6.16. The van der Waals surface area contributed by atoms with E-state index in [-0.39, 0.29) is 11.3 Å². The van der Waals surface area contributed by atoms with E-state index >= 15 is 0 Å². The molecule has 1 aliphatic heterocycles. The van der Waals surface area contributed by atoms with Crippen molar-refractivity contribution in [3.63, 3.8) is 0 Å². The highest BCUT2D eigenvalue weighted by Gasteiger charge is 2.20. The number of rotatable bonds is 6. The Morgan fingerprint density at radius 3 is 2.58 bits per heavy atom. The van der Waals surface area contributed by atoms with Gasteiger partial charge in [0.25, 0.3) is 5.91 Å². The zero-order valence-corrected chi connectivity index (χ0v) is 18.3. The van der Waals surface area contributed by atoms with Crippen LogP contribution in [0.15, 0.2) is 67.3 Å². The van der Waals surface area contributed by atoms with Crippen molar-refractivity contribution in [2.45, 2.75) is 13.1 Å². The summed E-state index contributed by atoms with van der Waals surface area (Å²) < 4.78 is 2.05. The van der Waals surface area contributed by atoms with Crippen molar-refractivity contribution in [3.05, 3.63) is 83.9 Å². The van der Waals surface area contributed by atoms with Crippen LogP contribution in [-0.4, -0.2) is 56.6 Å². The number of nitrogens with two attached hydrogens (primary N) is 1. The molecule has 168 valence electrons. The molecule has 5 rings (SSSR count). The topological polar surface area (TPSA) is 101 Å². The lowest BCUT2D eigenvalue weighted by Crippen LogP contribution is -2.46. The van der Waals surface area contributed by atoms with Crippen LogP contribution in [-0.2, 0) is 13.1 Å². The number of hydrogen-bond donors (Lipinski definition) is 2. The summed E-state index contributed by atoms with van der Waals surface area (Å²) in [6.07, 6.45) is 7.60. The van der Waals surface area contributed by atoms with Gasteiger partial charge in [-0.1, -0.05) is 12.1 Å². The Balaban J connectivity index is 1.31. The Kier molecular flexibility index (Phi) is 5.66. The summed E-state index contributed by atoms with van der Waals surface area (Å²) in [5, 5.41) is 11.2. The molecule has 3 aromatic heterocycles. The van der Waals surface area contributed by atoms with Gasteiger partial charge >= 0.3 is 0 Å². The molecular formula is C25H26N6O2. The van der Waals surface area contributed by atoms with Crippen molar-refractivity contribution in [2.24, 2.45) is 5.73 Å². The largest absolute Gasteiger partial charge is 0.507 e. The minimum absolute atomic E-state index is 0.103. The first-order valence-corrected chi connectivity index (χ1v) is 11.0. The third-order valence-corrected chi connectivity index (χ3v) is 6.16. The highest BCUT2D eigenvalue weighted by Crippen LogP contribution is 2.28. The number of aromatic hydroxyl groups is 1. The number of primary amides is 1. The predicted molar refractivity (Wildman–Crippen MR) is 127 cm³/mol. The molecule has 4 heterocycles. The Hall–Kier alpha value is -3.91. The van der Waals surface area contributed by atoms with Crippen molar-refractivity contribution < 1.29 is 9.90 Å². The molecule has 0 atom stereocenters. The molecule has 0 unspecified atom stereocenters. The molecule has 0 saturated carbocycles. The maximum Gasteiger partial charge on any atom is 0.252 e. The number of nitrogens with zero attached hydrogens (tertiary/aromatic N) is 5. The Labute approximate surface area is 191 Å². The number of amides is 1. The molecule has 0 radical (unpaired) electrons. The summed E-state index contributed by atoms with van der Waals surface area (Å²) in [6.45, 7) is 5.34. The summed E-state index contributed by atoms with van der Waals surface area (Å²) in [5.74, 6) is -0.744. The van der Waals surface area contributed by atoms with Crippen molar-refractivity contribution in [2.75, 3.05) is 31.1 Å². The van der Waals surface area contributed by atoms with Crippen LogP contribution in [0.3, 0.4) is 0 Å². The normalized spacial score (nSPS) is 14.6. The lowest BCUT2D eigenvalue weighted by Gasteiger charge is -2.36. The monoisotopic (exact) mass is 442 g/mol. The second-order valence-corrected chi connectivity index (χ2v) is 8.35. The van der Waals surface area contributed by atoms with Gasteiger partial charge in [-0.3, -0.25) is 14.7 Å². The van der Waals surface area contributed by atoms with Crippen molar-refractivity contribution in [1.82, 2.24) is 19.4 Å². The number of phenols is 1. The van der Waals surface area contributed by atoms with Crippen LogP contribution < -0.4 is 10.6 Å². The molecule has 4 aromatic rings. The molecule has 33 heavy (non-hydrogen) atoms. The first-order chi connectivity index (χ1) is 16.1. The fourth-order valence-corrected chi connectivity index (χ4v) is 4.46. The maximum absolute atomic E-state index is 11.4. The summed E-state index contributed by atoms with van der Waals surface area (Å²) in [5.41, 5.74) is 9.60. The summed E-state index contributed by atoms with van der Waals surface area (Å²) in [6, 6.07) is 13.2. The van der Waals surface area contributed by atoms with E-state index in [9.17, 15) is 9.90 Å². The molecular weight excluding hydrogens is 416 g/mol. The standard InChI is InChI=1S/C25H26N6O2/c26-24(33)21-4-3-18(14-23(21)32)17-31-9-6-20-22(5-8-28-25(20)31)30-12-10-29(11-13-30)16-19-2-1-7-27-15-19/h1-9,14-15,32H,10-13,16-17H2,(H2,26,33). The molecule has 1 fully saturated rings. The number of carbonyl (C=O) groups excluding carboxylic acids is 1. The second kappa shape index (κ2) is 8.91. The lowest BCUT2D eigenvalue weighted by atomic mass is 10.1. The Bertz CT molecular complexity index is 1280. The quantitative estimate of drug-likeness (QED) is 0.476. The van der Waals surface area contributed by atoms with Gasteiger partial charge in [0.15, 0.2) is 0 Å². The zero-order chi connectivity index (χ0) is 22.8. The molecule has 1 amide bonds. The highest BCUT2D eigenvalue weighted by molar-refractivity contribution is 5.95. The number of anilines is 1. The number of aromatic nitrogens is 3. The predicted octanol–water partition coefficient (Wildman–Crippen LogP) is 2.61. The number of carbonyl (C=O) groups is 1. The van der Waals surface area contributed by atoms with Crippen LogP contribution >= 0.6 is 0 Å². The van der Waals surface area contributed by atoms with Crippen LogP contribution in [0.2, 0.25) is 0 Å². The van der Waals surface area contributed by atoms with Gasteiger partial charge in [0.2, 0.25) is 0 Å². The fraction of sp³-hybridized carbons (Fsp3) is 0.240. The van der Waals surface area contributed by atoms with Crippen LogP contribution in [0.4, 0.5) is 5.69 Å². The minimum Gasteiger partial charge on any atom is -0.507 e. The zero-order valence-electron chi connectivity index (χ0n) is 18.3. The number of pyridine rings is 2. The first kappa shape index (κ1) is 21.0. The van der Waals surface area contributed by atoms with Gasteiger partial charge in [0, 0.05) is 75.1 Å². The molecule has 0 bridgehead atoms. The molecule has 1 aromatic carbocycles. The van der Waals surface area contributed by atoms with E-state index in [0.29, 0.717) is 6.54 Å². The van der Waals surface area contributed by atoms with Gasteiger partial charge in [-0.25, -0.2) is 4.98 Å². The fourth-order valence-electron chi connectivity index (χ4n) is 4.46.